The maximum atomic E-state index is 14.2. The fourth-order valence-electron chi connectivity index (χ4n) is 3.08. The Morgan fingerprint density at radius 1 is 1.14 bits per heavy atom. The van der Waals surface area contributed by atoms with Gasteiger partial charge in [-0.1, -0.05) is 29.5 Å². The topological polar surface area (TPSA) is 36.4 Å². The van der Waals surface area contributed by atoms with E-state index in [1.807, 2.05) is 27.9 Å². The molecule has 7 heteroatoms. The lowest BCUT2D eigenvalue weighted by Crippen LogP contribution is -2.34. The van der Waals surface area contributed by atoms with E-state index >= 15 is 0 Å². The van der Waals surface area contributed by atoms with Crippen molar-refractivity contribution in [3.63, 3.8) is 0 Å². The van der Waals surface area contributed by atoms with E-state index in [1.165, 1.54) is 23.5 Å². The van der Waals surface area contributed by atoms with Gasteiger partial charge in [0.25, 0.3) is 5.91 Å². The summed E-state index contributed by atoms with van der Waals surface area (Å²) < 4.78 is 15.3. The normalized spacial score (nSPS) is 10.9. The number of benzene rings is 2. The molecule has 0 atom stereocenters. The van der Waals surface area contributed by atoms with Crippen LogP contribution in [0.1, 0.15) is 27.9 Å². The van der Waals surface area contributed by atoms with Gasteiger partial charge in [0, 0.05) is 6.54 Å². The molecule has 2 aromatic carbocycles. The summed E-state index contributed by atoms with van der Waals surface area (Å²) in [5.74, 6) is -0.853. The smallest absolute Gasteiger partial charge is 0.263 e. The van der Waals surface area contributed by atoms with Crippen LogP contribution in [0.3, 0.4) is 0 Å². The number of fused-ring (bicyclic) bond motifs is 1. The molecule has 0 unspecified atom stereocenters. The summed E-state index contributed by atoms with van der Waals surface area (Å²) in [4.78, 5) is 21.5. The lowest BCUT2D eigenvalue weighted by Gasteiger charge is -2.21. The first-order valence-corrected chi connectivity index (χ1v) is 9.77. The standard InChI is InChI=1S/C21H24FN3OS.ClH/c1-14-12-15(2)19-18(13-14)27-21(23-19)25(11-7-10-24(3)4)20(26)16-8-5-6-9-17(16)22;/h5-6,8-9,12-13H,7,10-11H2,1-4H3;1H. The zero-order chi connectivity index (χ0) is 19.6. The molecule has 0 saturated heterocycles. The van der Waals surface area contributed by atoms with Gasteiger partial charge in [-0.2, -0.15) is 0 Å². The maximum Gasteiger partial charge on any atom is 0.263 e. The Kier molecular flexibility index (Phi) is 7.52. The van der Waals surface area contributed by atoms with Crippen molar-refractivity contribution in [1.82, 2.24) is 9.88 Å². The molecule has 1 amide bonds. The summed E-state index contributed by atoms with van der Waals surface area (Å²) >= 11 is 1.48. The van der Waals surface area contributed by atoms with Crippen molar-refractivity contribution in [1.29, 1.82) is 0 Å². The largest absolute Gasteiger partial charge is 0.309 e. The first-order valence-electron chi connectivity index (χ1n) is 8.95. The monoisotopic (exact) mass is 421 g/mol. The number of rotatable bonds is 6. The quantitative estimate of drug-likeness (QED) is 0.557. The Labute approximate surface area is 175 Å². The summed E-state index contributed by atoms with van der Waals surface area (Å²) in [6.45, 7) is 5.40. The van der Waals surface area contributed by atoms with E-state index in [-0.39, 0.29) is 23.9 Å². The van der Waals surface area contributed by atoms with E-state index in [4.69, 9.17) is 4.98 Å². The molecule has 0 bridgehead atoms. The summed E-state index contributed by atoms with van der Waals surface area (Å²) in [7, 11) is 3.99. The lowest BCUT2D eigenvalue weighted by atomic mass is 10.1. The van der Waals surface area contributed by atoms with E-state index in [0.29, 0.717) is 11.7 Å². The number of thiazole rings is 1. The molecule has 4 nitrogen and oxygen atoms in total. The fourth-order valence-corrected chi connectivity index (χ4v) is 4.25. The Bertz CT molecular complexity index is 973. The minimum absolute atomic E-state index is 0. The van der Waals surface area contributed by atoms with Crippen molar-refractivity contribution in [3.8, 4) is 0 Å². The minimum Gasteiger partial charge on any atom is -0.309 e. The Morgan fingerprint density at radius 2 is 1.86 bits per heavy atom. The molecule has 1 aromatic heterocycles. The highest BCUT2D eigenvalue weighted by Gasteiger charge is 2.23. The van der Waals surface area contributed by atoms with Gasteiger partial charge < -0.3 is 4.90 Å². The third-order valence-electron chi connectivity index (χ3n) is 4.39. The van der Waals surface area contributed by atoms with Crippen LogP contribution in [-0.2, 0) is 0 Å². The van der Waals surface area contributed by atoms with Crippen molar-refractivity contribution in [3.05, 3.63) is 58.9 Å². The van der Waals surface area contributed by atoms with Crippen LogP contribution in [-0.4, -0.2) is 43.0 Å². The van der Waals surface area contributed by atoms with Gasteiger partial charge in [-0.15, -0.1) is 12.4 Å². The number of anilines is 1. The summed E-state index contributed by atoms with van der Waals surface area (Å²) in [6, 6.07) is 10.3. The van der Waals surface area contributed by atoms with Crippen LogP contribution in [0.2, 0.25) is 0 Å². The van der Waals surface area contributed by atoms with E-state index < -0.39 is 5.82 Å². The van der Waals surface area contributed by atoms with Crippen molar-refractivity contribution < 1.29 is 9.18 Å². The molecule has 0 N–H and O–H groups in total. The molecule has 0 saturated carbocycles. The van der Waals surface area contributed by atoms with Crippen LogP contribution >= 0.6 is 23.7 Å². The van der Waals surface area contributed by atoms with Crippen LogP contribution in [0, 0.1) is 19.7 Å². The predicted octanol–water partition coefficient (Wildman–Crippen LogP) is 5.07. The molecule has 0 aliphatic heterocycles. The lowest BCUT2D eigenvalue weighted by molar-refractivity contribution is 0.0982. The van der Waals surface area contributed by atoms with Crippen molar-refractivity contribution >= 4 is 45.0 Å². The third-order valence-corrected chi connectivity index (χ3v) is 5.41. The van der Waals surface area contributed by atoms with Gasteiger partial charge >= 0.3 is 0 Å². The zero-order valence-electron chi connectivity index (χ0n) is 16.5. The molecule has 0 aliphatic carbocycles. The molecule has 3 aromatic rings. The Hall–Kier alpha value is -2.02. The van der Waals surface area contributed by atoms with Gasteiger partial charge in [0.1, 0.15) is 5.82 Å². The third kappa shape index (κ3) is 4.87. The zero-order valence-corrected chi connectivity index (χ0v) is 18.2. The van der Waals surface area contributed by atoms with Gasteiger partial charge in [-0.25, -0.2) is 9.37 Å². The number of hydrogen-bond acceptors (Lipinski definition) is 4. The summed E-state index contributed by atoms with van der Waals surface area (Å²) in [6.07, 6.45) is 0.779. The van der Waals surface area contributed by atoms with Gasteiger partial charge in [-0.3, -0.25) is 9.69 Å². The number of carbonyl (C=O) groups is 1. The van der Waals surface area contributed by atoms with Crippen molar-refractivity contribution in [2.24, 2.45) is 0 Å². The van der Waals surface area contributed by atoms with Crippen LogP contribution in [0.4, 0.5) is 9.52 Å². The molecule has 1 heterocycles. The molecule has 0 spiro atoms. The number of hydrogen-bond donors (Lipinski definition) is 0. The number of amides is 1. The highest BCUT2D eigenvalue weighted by molar-refractivity contribution is 7.22. The van der Waals surface area contributed by atoms with Crippen LogP contribution < -0.4 is 4.90 Å². The molecule has 0 radical (unpaired) electrons. The highest BCUT2D eigenvalue weighted by atomic mass is 35.5. The van der Waals surface area contributed by atoms with E-state index in [1.54, 1.807) is 17.0 Å². The number of nitrogens with zero attached hydrogens (tertiary/aromatic N) is 3. The average molecular weight is 422 g/mol. The number of aromatic nitrogens is 1. The molecule has 3 rings (SSSR count). The maximum absolute atomic E-state index is 14.2. The molecule has 0 aliphatic rings. The van der Waals surface area contributed by atoms with Crippen molar-refractivity contribution in [2.45, 2.75) is 20.3 Å². The van der Waals surface area contributed by atoms with Crippen molar-refractivity contribution in [2.75, 3.05) is 32.1 Å². The van der Waals surface area contributed by atoms with Crippen LogP contribution in [0.25, 0.3) is 10.2 Å². The SMILES string of the molecule is Cc1cc(C)c2nc(N(CCCN(C)C)C(=O)c3ccccc3F)sc2c1.Cl. The first-order chi connectivity index (χ1) is 12.9. The van der Waals surface area contributed by atoms with Gasteiger partial charge in [0.05, 0.1) is 15.8 Å². The average Bonchev–Trinajstić information content (AvgIpc) is 3.02. The van der Waals surface area contributed by atoms with E-state index in [0.717, 1.165) is 34.3 Å². The first kappa shape index (κ1) is 22.3. The molecule has 150 valence electrons. The minimum atomic E-state index is -0.506. The Morgan fingerprint density at radius 3 is 2.54 bits per heavy atom. The second-order valence-corrected chi connectivity index (χ2v) is 8.03. The van der Waals surface area contributed by atoms with Gasteiger partial charge in [0.15, 0.2) is 5.13 Å². The Balaban J connectivity index is 0.00000280. The highest BCUT2D eigenvalue weighted by Crippen LogP contribution is 2.32. The van der Waals surface area contributed by atoms with Gasteiger partial charge in [-0.05, 0) is 70.2 Å². The summed E-state index contributed by atoms with van der Waals surface area (Å²) in [5.41, 5.74) is 3.22. The molecule has 28 heavy (non-hydrogen) atoms. The van der Waals surface area contributed by atoms with E-state index in [9.17, 15) is 9.18 Å². The molecular weight excluding hydrogens is 397 g/mol. The molecule has 0 fully saturated rings. The molecular formula is C21H25ClFN3OS. The van der Waals surface area contributed by atoms with E-state index in [2.05, 4.69) is 17.0 Å². The fraction of sp³-hybridized carbons (Fsp3) is 0.333. The van der Waals surface area contributed by atoms with Crippen LogP contribution in [0.5, 0.6) is 0 Å². The number of halogens is 2. The van der Waals surface area contributed by atoms with Gasteiger partial charge in [0.2, 0.25) is 0 Å². The summed E-state index contributed by atoms with van der Waals surface area (Å²) in [5, 5.41) is 0.616. The second-order valence-electron chi connectivity index (χ2n) is 7.02. The number of carbonyl (C=O) groups excluding carboxylic acids is 1. The predicted molar refractivity (Wildman–Crippen MR) is 118 cm³/mol. The second kappa shape index (κ2) is 9.45. The van der Waals surface area contributed by atoms with Crippen LogP contribution in [0.15, 0.2) is 36.4 Å². The number of aryl methyl sites for hydroxylation is 2.